The number of aliphatic hydroxyl groups is 1. The van der Waals surface area contributed by atoms with Crippen LogP contribution in [-0.4, -0.2) is 31.2 Å². The summed E-state index contributed by atoms with van der Waals surface area (Å²) in [5, 5.41) is 8.61. The Labute approximate surface area is 94.8 Å². The van der Waals surface area contributed by atoms with Crippen LogP contribution in [0.1, 0.15) is 12.0 Å². The normalized spacial score (nSPS) is 10.1. The lowest BCUT2D eigenvalue weighted by atomic mass is 10.2. The van der Waals surface area contributed by atoms with E-state index in [1.807, 2.05) is 24.3 Å². The highest BCUT2D eigenvalue weighted by atomic mass is 16.5. The Morgan fingerprint density at radius 2 is 2.19 bits per heavy atom. The minimum absolute atomic E-state index is 0.0000618. The standard InChI is InChI=1S/C12H16O4/c13-5-2-7-15-10-11-3-1-4-12(9-11)16-8-6-14/h1,3-5,9,14H,2,6-8,10H2. The van der Waals surface area contributed by atoms with Crippen LogP contribution in [0.4, 0.5) is 0 Å². The first-order valence-electron chi connectivity index (χ1n) is 5.21. The average Bonchev–Trinajstić information content (AvgIpc) is 2.33. The third-order valence-corrected chi connectivity index (χ3v) is 1.91. The zero-order chi connectivity index (χ0) is 11.6. The molecule has 1 aromatic rings. The van der Waals surface area contributed by atoms with Crippen molar-refractivity contribution < 1.29 is 19.4 Å². The second kappa shape index (κ2) is 7.84. The molecule has 0 atom stereocenters. The summed E-state index contributed by atoms with van der Waals surface area (Å²) in [6, 6.07) is 7.47. The van der Waals surface area contributed by atoms with E-state index in [1.165, 1.54) is 0 Å². The SMILES string of the molecule is O=CCCOCc1cccc(OCCO)c1. The Kier molecular flexibility index (Phi) is 6.22. The molecule has 1 N–H and O–H groups in total. The van der Waals surface area contributed by atoms with Crippen molar-refractivity contribution in [2.24, 2.45) is 0 Å². The zero-order valence-electron chi connectivity index (χ0n) is 9.09. The molecule has 0 saturated carbocycles. The number of benzene rings is 1. The van der Waals surface area contributed by atoms with Crippen LogP contribution in [0.3, 0.4) is 0 Å². The molecule has 0 fully saturated rings. The van der Waals surface area contributed by atoms with Crippen LogP contribution in [0.5, 0.6) is 5.75 Å². The molecular weight excluding hydrogens is 208 g/mol. The van der Waals surface area contributed by atoms with Crippen LogP contribution in [0, 0.1) is 0 Å². The second-order valence-electron chi connectivity index (χ2n) is 3.23. The van der Waals surface area contributed by atoms with E-state index >= 15 is 0 Å². The number of rotatable bonds is 8. The highest BCUT2D eigenvalue weighted by Crippen LogP contribution is 2.13. The second-order valence-corrected chi connectivity index (χ2v) is 3.23. The first kappa shape index (κ1) is 12.7. The molecular formula is C12H16O4. The molecule has 0 bridgehead atoms. The first-order valence-corrected chi connectivity index (χ1v) is 5.21. The van der Waals surface area contributed by atoms with E-state index < -0.39 is 0 Å². The molecule has 0 spiro atoms. The minimum atomic E-state index is 0.0000618. The van der Waals surface area contributed by atoms with E-state index in [0.29, 0.717) is 25.4 Å². The van der Waals surface area contributed by atoms with E-state index in [1.54, 1.807) is 0 Å². The summed E-state index contributed by atoms with van der Waals surface area (Å²) >= 11 is 0. The Morgan fingerprint density at radius 3 is 2.94 bits per heavy atom. The summed E-state index contributed by atoms with van der Waals surface area (Å²) in [7, 11) is 0. The van der Waals surface area contributed by atoms with Crippen LogP contribution < -0.4 is 4.74 Å². The molecule has 0 aromatic heterocycles. The van der Waals surface area contributed by atoms with Gasteiger partial charge in [0.2, 0.25) is 0 Å². The quantitative estimate of drug-likeness (QED) is 0.532. The fraction of sp³-hybridized carbons (Fsp3) is 0.417. The number of carbonyl (C=O) groups excluding carboxylic acids is 1. The summed E-state index contributed by atoms with van der Waals surface area (Å²) in [5.74, 6) is 0.713. The highest BCUT2D eigenvalue weighted by Gasteiger charge is 1.97. The molecule has 88 valence electrons. The summed E-state index contributed by atoms with van der Waals surface area (Å²) in [6.07, 6.45) is 1.25. The monoisotopic (exact) mass is 224 g/mol. The molecule has 4 nitrogen and oxygen atoms in total. The molecule has 0 radical (unpaired) electrons. The van der Waals surface area contributed by atoms with Crippen molar-refractivity contribution in [1.29, 1.82) is 0 Å². The van der Waals surface area contributed by atoms with Crippen LogP contribution in [0.25, 0.3) is 0 Å². The van der Waals surface area contributed by atoms with Crippen molar-refractivity contribution in [1.82, 2.24) is 0 Å². The lowest BCUT2D eigenvalue weighted by molar-refractivity contribution is -0.108. The number of carbonyl (C=O) groups is 1. The number of aliphatic hydroxyl groups excluding tert-OH is 1. The predicted molar refractivity (Wildman–Crippen MR) is 59.4 cm³/mol. The third-order valence-electron chi connectivity index (χ3n) is 1.91. The highest BCUT2D eigenvalue weighted by molar-refractivity contribution is 5.49. The molecule has 0 aliphatic carbocycles. The van der Waals surface area contributed by atoms with Crippen molar-refractivity contribution in [3.05, 3.63) is 29.8 Å². The summed E-state index contributed by atoms with van der Waals surface area (Å²) in [5.41, 5.74) is 0.987. The molecule has 0 unspecified atom stereocenters. The lowest BCUT2D eigenvalue weighted by Crippen LogP contribution is -2.02. The van der Waals surface area contributed by atoms with Crippen molar-refractivity contribution in [2.75, 3.05) is 19.8 Å². The van der Waals surface area contributed by atoms with Crippen LogP contribution in [0.15, 0.2) is 24.3 Å². The number of hydrogen-bond donors (Lipinski definition) is 1. The Hall–Kier alpha value is -1.39. The Morgan fingerprint density at radius 1 is 1.31 bits per heavy atom. The van der Waals surface area contributed by atoms with Gasteiger partial charge in [0.1, 0.15) is 18.6 Å². The zero-order valence-corrected chi connectivity index (χ0v) is 9.09. The van der Waals surface area contributed by atoms with Gasteiger partial charge in [0, 0.05) is 6.42 Å². The smallest absolute Gasteiger partial charge is 0.122 e. The van der Waals surface area contributed by atoms with Gasteiger partial charge in [-0.2, -0.15) is 0 Å². The maximum atomic E-state index is 10.1. The van der Waals surface area contributed by atoms with Gasteiger partial charge in [-0.15, -0.1) is 0 Å². The van der Waals surface area contributed by atoms with Gasteiger partial charge in [-0.05, 0) is 17.7 Å². The number of ether oxygens (including phenoxy) is 2. The molecule has 0 heterocycles. The van der Waals surface area contributed by atoms with E-state index in [4.69, 9.17) is 14.6 Å². The van der Waals surface area contributed by atoms with Crippen molar-refractivity contribution in [2.45, 2.75) is 13.0 Å². The molecule has 16 heavy (non-hydrogen) atoms. The first-order chi connectivity index (χ1) is 7.86. The van der Waals surface area contributed by atoms with Gasteiger partial charge in [0.25, 0.3) is 0 Å². The maximum Gasteiger partial charge on any atom is 0.122 e. The van der Waals surface area contributed by atoms with Gasteiger partial charge in [-0.25, -0.2) is 0 Å². The van der Waals surface area contributed by atoms with Gasteiger partial charge in [0.15, 0.2) is 0 Å². The lowest BCUT2D eigenvalue weighted by Gasteiger charge is -2.07. The van der Waals surface area contributed by atoms with Gasteiger partial charge in [0.05, 0.1) is 19.8 Å². The predicted octanol–water partition coefficient (Wildman–Crippen LogP) is 1.16. The van der Waals surface area contributed by atoms with Crippen LogP contribution in [0.2, 0.25) is 0 Å². The molecule has 0 aliphatic rings. The molecule has 1 rings (SSSR count). The average molecular weight is 224 g/mol. The fourth-order valence-electron chi connectivity index (χ4n) is 1.21. The molecule has 1 aromatic carbocycles. The largest absolute Gasteiger partial charge is 0.491 e. The van der Waals surface area contributed by atoms with Gasteiger partial charge in [-0.1, -0.05) is 12.1 Å². The molecule has 0 amide bonds. The summed E-state index contributed by atoms with van der Waals surface area (Å²) < 4.78 is 10.5. The maximum absolute atomic E-state index is 10.1. The van der Waals surface area contributed by atoms with Crippen molar-refractivity contribution in [3.8, 4) is 5.75 Å². The van der Waals surface area contributed by atoms with Gasteiger partial charge < -0.3 is 19.4 Å². The third kappa shape index (κ3) is 4.91. The summed E-state index contributed by atoms with van der Waals surface area (Å²) in [4.78, 5) is 10.1. The Balaban J connectivity index is 2.37. The van der Waals surface area contributed by atoms with Crippen molar-refractivity contribution in [3.63, 3.8) is 0 Å². The number of aldehydes is 1. The Bertz CT molecular complexity index is 312. The van der Waals surface area contributed by atoms with Crippen molar-refractivity contribution >= 4 is 6.29 Å². The number of hydrogen-bond acceptors (Lipinski definition) is 4. The molecule has 4 heteroatoms. The van der Waals surface area contributed by atoms with Gasteiger partial charge in [-0.3, -0.25) is 0 Å². The van der Waals surface area contributed by atoms with Crippen LogP contribution in [-0.2, 0) is 16.1 Å². The molecule has 0 aliphatic heterocycles. The van der Waals surface area contributed by atoms with Crippen LogP contribution >= 0.6 is 0 Å². The van der Waals surface area contributed by atoms with Gasteiger partial charge >= 0.3 is 0 Å². The van der Waals surface area contributed by atoms with E-state index in [2.05, 4.69) is 0 Å². The minimum Gasteiger partial charge on any atom is -0.491 e. The van der Waals surface area contributed by atoms with E-state index in [-0.39, 0.29) is 13.2 Å². The summed E-state index contributed by atoms with van der Waals surface area (Å²) in [6.45, 7) is 1.19. The fourth-order valence-corrected chi connectivity index (χ4v) is 1.21. The molecule has 0 saturated heterocycles. The van der Waals surface area contributed by atoms with E-state index in [0.717, 1.165) is 11.8 Å². The topological polar surface area (TPSA) is 55.8 Å². The van der Waals surface area contributed by atoms with E-state index in [9.17, 15) is 4.79 Å².